The summed E-state index contributed by atoms with van der Waals surface area (Å²) in [4.78, 5) is 13.8. The summed E-state index contributed by atoms with van der Waals surface area (Å²) in [5.74, 6) is 0.730. The zero-order valence-electron chi connectivity index (χ0n) is 19.7. The molecule has 6 rings (SSSR count). The van der Waals surface area contributed by atoms with Crippen LogP contribution in [0.1, 0.15) is 28.9 Å². The summed E-state index contributed by atoms with van der Waals surface area (Å²) in [6, 6.07) is 28.1. The number of carbonyl (C=O) groups is 1. The Balaban J connectivity index is 1.60. The second-order valence-corrected chi connectivity index (χ2v) is 8.93. The fourth-order valence-corrected chi connectivity index (χ4v) is 5.23. The third kappa shape index (κ3) is 3.69. The van der Waals surface area contributed by atoms with Crippen LogP contribution >= 0.6 is 0 Å². The van der Waals surface area contributed by atoms with Crippen LogP contribution in [0.5, 0.6) is 5.75 Å². The highest BCUT2D eigenvalue weighted by Gasteiger charge is 2.29. The van der Waals surface area contributed by atoms with E-state index in [1.807, 2.05) is 60.7 Å². The van der Waals surface area contributed by atoms with E-state index in [0.29, 0.717) is 5.69 Å². The first-order valence-electron chi connectivity index (χ1n) is 12.1. The molecule has 0 saturated heterocycles. The number of carbonyl (C=O) groups excluding carboxylic acids is 1. The van der Waals surface area contributed by atoms with Gasteiger partial charge in [-0.25, -0.2) is 0 Å². The van der Waals surface area contributed by atoms with Crippen LogP contribution in [0.3, 0.4) is 0 Å². The topological polar surface area (TPSA) is 47.7 Å². The van der Waals surface area contributed by atoms with Crippen molar-refractivity contribution in [2.45, 2.75) is 25.8 Å². The molecule has 35 heavy (non-hydrogen) atoms. The molecule has 3 heterocycles. The molecule has 5 aromatic rings. The van der Waals surface area contributed by atoms with Crippen molar-refractivity contribution in [1.29, 1.82) is 0 Å². The van der Waals surface area contributed by atoms with Gasteiger partial charge in [0.05, 0.1) is 12.8 Å². The Morgan fingerprint density at radius 1 is 0.857 bits per heavy atom. The van der Waals surface area contributed by atoms with Gasteiger partial charge in [0, 0.05) is 29.6 Å². The lowest BCUT2D eigenvalue weighted by Crippen LogP contribution is -2.15. The third-order valence-electron chi connectivity index (χ3n) is 6.83. The summed E-state index contributed by atoms with van der Waals surface area (Å²) in [6.07, 6.45) is 5.25. The van der Waals surface area contributed by atoms with Crippen LogP contribution in [0.15, 0.2) is 91.1 Å². The number of hydrogen-bond donors (Lipinski definition) is 1. The minimum atomic E-state index is -0.102. The number of nitrogens with one attached hydrogen (secondary N) is 1. The van der Waals surface area contributed by atoms with Crippen LogP contribution in [0.4, 0.5) is 5.69 Å². The summed E-state index contributed by atoms with van der Waals surface area (Å²) < 4.78 is 9.86. The number of anilines is 1. The number of aryl methyl sites for hydroxylation is 2. The van der Waals surface area contributed by atoms with E-state index in [2.05, 4.69) is 44.7 Å². The summed E-state index contributed by atoms with van der Waals surface area (Å²) in [7, 11) is 1.68. The molecule has 0 fully saturated rings. The molecular formula is C30H27N3O2. The van der Waals surface area contributed by atoms with Crippen molar-refractivity contribution < 1.29 is 9.53 Å². The van der Waals surface area contributed by atoms with Gasteiger partial charge in [-0.3, -0.25) is 9.20 Å². The Morgan fingerprint density at radius 2 is 1.57 bits per heavy atom. The van der Waals surface area contributed by atoms with E-state index in [-0.39, 0.29) is 5.91 Å². The van der Waals surface area contributed by atoms with E-state index in [1.165, 1.54) is 5.56 Å². The maximum absolute atomic E-state index is 13.8. The summed E-state index contributed by atoms with van der Waals surface area (Å²) in [6.45, 7) is 0.919. The molecule has 174 valence electrons. The van der Waals surface area contributed by atoms with Crippen molar-refractivity contribution in [3.8, 4) is 28.1 Å². The number of methoxy groups -OCH3 is 1. The second-order valence-electron chi connectivity index (χ2n) is 8.93. The predicted octanol–water partition coefficient (Wildman–Crippen LogP) is 6.67. The first kappa shape index (κ1) is 21.3. The van der Waals surface area contributed by atoms with Gasteiger partial charge in [0.2, 0.25) is 0 Å². The quantitative estimate of drug-likeness (QED) is 0.318. The number of amides is 1. The monoisotopic (exact) mass is 461 g/mol. The van der Waals surface area contributed by atoms with E-state index >= 15 is 0 Å². The van der Waals surface area contributed by atoms with Gasteiger partial charge in [-0.05, 0) is 66.8 Å². The lowest BCUT2D eigenvalue weighted by atomic mass is 9.98. The zero-order valence-corrected chi connectivity index (χ0v) is 19.7. The Labute approximate surface area is 204 Å². The average molecular weight is 462 g/mol. The molecular weight excluding hydrogens is 434 g/mol. The molecule has 0 aliphatic carbocycles. The fraction of sp³-hybridized carbons (Fsp3) is 0.167. The molecule has 0 spiro atoms. The van der Waals surface area contributed by atoms with E-state index in [1.54, 1.807) is 7.11 Å². The highest BCUT2D eigenvalue weighted by molar-refractivity contribution is 6.10. The Morgan fingerprint density at radius 3 is 2.29 bits per heavy atom. The Kier molecular flexibility index (Phi) is 5.38. The molecule has 5 heteroatoms. The summed E-state index contributed by atoms with van der Waals surface area (Å²) in [5, 5.41) is 3.13. The minimum absolute atomic E-state index is 0.102. The van der Waals surface area contributed by atoms with Gasteiger partial charge in [0.15, 0.2) is 0 Å². The minimum Gasteiger partial charge on any atom is -0.497 e. The molecule has 1 N–H and O–H groups in total. The maximum atomic E-state index is 13.8. The summed E-state index contributed by atoms with van der Waals surface area (Å²) >= 11 is 0. The lowest BCUT2D eigenvalue weighted by Gasteiger charge is -2.10. The van der Waals surface area contributed by atoms with Crippen LogP contribution in [-0.4, -0.2) is 22.0 Å². The van der Waals surface area contributed by atoms with Crippen LogP contribution in [0, 0.1) is 0 Å². The largest absolute Gasteiger partial charge is 0.497 e. The number of nitrogens with zero attached hydrogens (tertiary/aromatic N) is 2. The predicted molar refractivity (Wildman–Crippen MR) is 140 cm³/mol. The van der Waals surface area contributed by atoms with Gasteiger partial charge in [-0.15, -0.1) is 0 Å². The van der Waals surface area contributed by atoms with Gasteiger partial charge >= 0.3 is 0 Å². The maximum Gasteiger partial charge on any atom is 0.273 e. The molecule has 0 bridgehead atoms. The molecule has 3 aromatic carbocycles. The molecule has 0 radical (unpaired) electrons. The standard InChI is InChI=1S/C30H27N3O2/c1-35-24-17-15-21(16-18-24)26-20-33-28(29(34)31-23-12-6-3-7-13-23)27(22-10-4-2-5-11-22)25-14-8-9-19-32(26)30(25)33/h2-7,10-13,15-18,20H,8-9,14,19H2,1H3,(H,31,34). The van der Waals surface area contributed by atoms with Gasteiger partial charge in [0.25, 0.3) is 5.91 Å². The number of aromatic nitrogens is 2. The van der Waals surface area contributed by atoms with Gasteiger partial charge in [-0.1, -0.05) is 48.5 Å². The van der Waals surface area contributed by atoms with E-state index in [4.69, 9.17) is 4.74 Å². The Hall–Kier alpha value is -4.25. The molecule has 2 aromatic heterocycles. The molecule has 1 amide bonds. The molecule has 0 saturated carbocycles. The van der Waals surface area contributed by atoms with Crippen molar-refractivity contribution >= 4 is 17.2 Å². The van der Waals surface area contributed by atoms with E-state index < -0.39 is 0 Å². The number of benzene rings is 3. The fourth-order valence-electron chi connectivity index (χ4n) is 5.23. The van der Waals surface area contributed by atoms with Crippen molar-refractivity contribution in [3.05, 3.63) is 102 Å². The number of hydrogen-bond acceptors (Lipinski definition) is 2. The first-order chi connectivity index (χ1) is 17.2. The lowest BCUT2D eigenvalue weighted by molar-refractivity contribution is 0.102. The highest BCUT2D eigenvalue weighted by atomic mass is 16.5. The Bertz CT molecular complexity index is 1500. The zero-order chi connectivity index (χ0) is 23.8. The summed E-state index contributed by atoms with van der Waals surface area (Å²) in [5.41, 5.74) is 8.15. The highest BCUT2D eigenvalue weighted by Crippen LogP contribution is 2.39. The molecule has 0 atom stereocenters. The van der Waals surface area contributed by atoms with Crippen molar-refractivity contribution in [2.24, 2.45) is 0 Å². The van der Waals surface area contributed by atoms with E-state index in [0.717, 1.165) is 65.3 Å². The number of rotatable bonds is 5. The van der Waals surface area contributed by atoms with E-state index in [9.17, 15) is 4.79 Å². The van der Waals surface area contributed by atoms with Crippen LogP contribution in [0.2, 0.25) is 0 Å². The van der Waals surface area contributed by atoms with Crippen LogP contribution in [0.25, 0.3) is 28.0 Å². The third-order valence-corrected chi connectivity index (χ3v) is 6.83. The van der Waals surface area contributed by atoms with Crippen molar-refractivity contribution in [2.75, 3.05) is 12.4 Å². The van der Waals surface area contributed by atoms with Gasteiger partial charge in [-0.2, -0.15) is 0 Å². The molecule has 1 aliphatic rings. The smallest absolute Gasteiger partial charge is 0.273 e. The number of imidazole rings is 1. The first-order valence-corrected chi connectivity index (χ1v) is 12.1. The average Bonchev–Trinajstić information content (AvgIpc) is 3.33. The molecule has 5 nitrogen and oxygen atoms in total. The number of para-hydroxylation sites is 1. The number of ether oxygens (including phenoxy) is 1. The SMILES string of the molecule is COc1ccc(-c2cn3c(C(=O)Nc4ccccc4)c(-c4ccccc4)c4c3n2CCCC4)cc1. The van der Waals surface area contributed by atoms with Crippen LogP contribution < -0.4 is 10.1 Å². The second kappa shape index (κ2) is 8.84. The van der Waals surface area contributed by atoms with Crippen molar-refractivity contribution in [1.82, 2.24) is 8.97 Å². The van der Waals surface area contributed by atoms with Crippen molar-refractivity contribution in [3.63, 3.8) is 0 Å². The molecule has 0 unspecified atom stereocenters. The normalized spacial score (nSPS) is 12.9. The van der Waals surface area contributed by atoms with Gasteiger partial charge in [0.1, 0.15) is 17.1 Å². The van der Waals surface area contributed by atoms with Crippen LogP contribution in [-0.2, 0) is 13.0 Å². The molecule has 1 aliphatic heterocycles. The van der Waals surface area contributed by atoms with Gasteiger partial charge < -0.3 is 14.6 Å².